The first kappa shape index (κ1) is 14.2. The second-order valence-electron chi connectivity index (χ2n) is 5.81. The van der Waals surface area contributed by atoms with Crippen molar-refractivity contribution in [3.05, 3.63) is 60.7 Å². The Morgan fingerprint density at radius 2 is 1.61 bits per heavy atom. The molecule has 1 heterocycles. The van der Waals surface area contributed by atoms with E-state index in [1.165, 1.54) is 10.1 Å². The number of para-hydroxylation sites is 1. The highest BCUT2D eigenvalue weighted by molar-refractivity contribution is 7.21. The number of rotatable bonds is 3. The lowest BCUT2D eigenvalue weighted by Gasteiger charge is -2.14. The van der Waals surface area contributed by atoms with E-state index in [-0.39, 0.29) is 6.10 Å². The third kappa shape index (κ3) is 2.57. The van der Waals surface area contributed by atoms with Gasteiger partial charge in [0.2, 0.25) is 0 Å². The molecule has 0 unspecified atom stereocenters. The van der Waals surface area contributed by atoms with E-state index < -0.39 is 0 Å². The topological polar surface area (TPSA) is 22.1 Å². The molecule has 4 rings (SSSR count). The third-order valence-corrected chi connectivity index (χ3v) is 4.84. The van der Waals surface area contributed by atoms with Gasteiger partial charge < -0.3 is 4.74 Å². The van der Waals surface area contributed by atoms with E-state index in [4.69, 9.17) is 9.72 Å². The summed E-state index contributed by atoms with van der Waals surface area (Å²) >= 11 is 1.73. The summed E-state index contributed by atoms with van der Waals surface area (Å²) in [7, 11) is 0. The fraction of sp³-hybridized carbons (Fsp3) is 0.150. The first-order valence-corrected chi connectivity index (χ1v) is 8.58. The zero-order valence-electron chi connectivity index (χ0n) is 13.1. The highest BCUT2D eigenvalue weighted by Gasteiger charge is 2.12. The van der Waals surface area contributed by atoms with Gasteiger partial charge in [-0.05, 0) is 43.5 Å². The summed E-state index contributed by atoms with van der Waals surface area (Å²) in [4.78, 5) is 4.80. The van der Waals surface area contributed by atoms with E-state index in [1.807, 2.05) is 6.07 Å². The van der Waals surface area contributed by atoms with Crippen LogP contribution in [0.5, 0.6) is 5.75 Å². The number of ether oxygens (including phenoxy) is 1. The van der Waals surface area contributed by atoms with Gasteiger partial charge in [0.15, 0.2) is 0 Å². The Balaban J connectivity index is 1.93. The van der Waals surface area contributed by atoms with Gasteiger partial charge in [-0.2, -0.15) is 0 Å². The Morgan fingerprint density at radius 1 is 0.870 bits per heavy atom. The van der Waals surface area contributed by atoms with Gasteiger partial charge in [-0.15, -0.1) is 11.3 Å². The lowest BCUT2D eigenvalue weighted by Crippen LogP contribution is -2.05. The molecule has 0 saturated carbocycles. The van der Waals surface area contributed by atoms with Crippen molar-refractivity contribution < 1.29 is 4.74 Å². The van der Waals surface area contributed by atoms with Crippen molar-refractivity contribution in [1.82, 2.24) is 4.98 Å². The van der Waals surface area contributed by atoms with Crippen LogP contribution in [0.3, 0.4) is 0 Å². The standard InChI is InChI=1S/C20H17NOS/c1-13(2)22-18-12-11-16(14-7-3-4-8-15(14)18)20-21-17-9-5-6-10-19(17)23-20/h3-13H,1-2H3. The maximum Gasteiger partial charge on any atom is 0.127 e. The van der Waals surface area contributed by atoms with E-state index >= 15 is 0 Å². The first-order valence-electron chi connectivity index (χ1n) is 7.77. The van der Waals surface area contributed by atoms with E-state index in [0.717, 1.165) is 27.2 Å². The number of hydrogen-bond acceptors (Lipinski definition) is 3. The third-order valence-electron chi connectivity index (χ3n) is 3.77. The molecule has 0 amide bonds. The molecule has 0 bridgehead atoms. The Bertz CT molecular complexity index is 954. The molecule has 4 aromatic rings. The number of aromatic nitrogens is 1. The number of fused-ring (bicyclic) bond motifs is 2. The van der Waals surface area contributed by atoms with Gasteiger partial charge in [-0.1, -0.05) is 36.4 Å². The molecule has 0 saturated heterocycles. The zero-order chi connectivity index (χ0) is 15.8. The summed E-state index contributed by atoms with van der Waals surface area (Å²) in [6.07, 6.45) is 0.159. The predicted molar refractivity (Wildman–Crippen MR) is 98.3 cm³/mol. The van der Waals surface area contributed by atoms with Crippen molar-refractivity contribution in [2.45, 2.75) is 20.0 Å². The van der Waals surface area contributed by atoms with Crippen LogP contribution in [0.4, 0.5) is 0 Å². The molecule has 3 aromatic carbocycles. The van der Waals surface area contributed by atoms with Crippen LogP contribution in [0.25, 0.3) is 31.6 Å². The Morgan fingerprint density at radius 3 is 2.39 bits per heavy atom. The number of hydrogen-bond donors (Lipinski definition) is 0. The van der Waals surface area contributed by atoms with Gasteiger partial charge in [-0.25, -0.2) is 4.98 Å². The van der Waals surface area contributed by atoms with Crippen molar-refractivity contribution in [1.29, 1.82) is 0 Å². The van der Waals surface area contributed by atoms with Crippen LogP contribution in [0.2, 0.25) is 0 Å². The molecule has 0 radical (unpaired) electrons. The van der Waals surface area contributed by atoms with Crippen LogP contribution in [0.1, 0.15) is 13.8 Å². The van der Waals surface area contributed by atoms with Crippen LogP contribution < -0.4 is 4.74 Å². The largest absolute Gasteiger partial charge is 0.490 e. The van der Waals surface area contributed by atoms with Crippen molar-refractivity contribution in [3.63, 3.8) is 0 Å². The van der Waals surface area contributed by atoms with Crippen molar-refractivity contribution in [2.75, 3.05) is 0 Å². The average molecular weight is 319 g/mol. The Hall–Kier alpha value is -2.39. The first-order chi connectivity index (χ1) is 11.2. The monoisotopic (exact) mass is 319 g/mol. The second kappa shape index (κ2) is 5.67. The van der Waals surface area contributed by atoms with Crippen LogP contribution >= 0.6 is 11.3 Å². The van der Waals surface area contributed by atoms with Crippen LogP contribution in [0.15, 0.2) is 60.7 Å². The molecule has 0 spiro atoms. The molecule has 0 aliphatic rings. The molecule has 3 heteroatoms. The van der Waals surface area contributed by atoms with Gasteiger partial charge in [0, 0.05) is 10.9 Å². The molecule has 23 heavy (non-hydrogen) atoms. The predicted octanol–water partition coefficient (Wildman–Crippen LogP) is 5.90. The average Bonchev–Trinajstić information content (AvgIpc) is 2.98. The van der Waals surface area contributed by atoms with Gasteiger partial charge >= 0.3 is 0 Å². The van der Waals surface area contributed by atoms with E-state index in [1.54, 1.807) is 11.3 Å². The maximum atomic E-state index is 5.96. The molecule has 0 atom stereocenters. The zero-order valence-corrected chi connectivity index (χ0v) is 13.9. The van der Waals surface area contributed by atoms with Gasteiger partial charge in [0.25, 0.3) is 0 Å². The van der Waals surface area contributed by atoms with Crippen LogP contribution in [0, 0.1) is 0 Å². The number of nitrogens with zero attached hydrogens (tertiary/aromatic N) is 1. The van der Waals surface area contributed by atoms with Gasteiger partial charge in [0.1, 0.15) is 10.8 Å². The highest BCUT2D eigenvalue weighted by atomic mass is 32.1. The number of thiazole rings is 1. The minimum absolute atomic E-state index is 0.159. The Labute approximate surface area is 139 Å². The lowest BCUT2D eigenvalue weighted by atomic mass is 10.0. The van der Waals surface area contributed by atoms with E-state index in [2.05, 4.69) is 68.4 Å². The van der Waals surface area contributed by atoms with Crippen molar-refractivity contribution >= 4 is 32.3 Å². The molecular formula is C20H17NOS. The summed E-state index contributed by atoms with van der Waals surface area (Å²) in [5, 5.41) is 3.38. The fourth-order valence-electron chi connectivity index (χ4n) is 2.80. The summed E-state index contributed by atoms with van der Waals surface area (Å²) < 4.78 is 7.18. The minimum Gasteiger partial charge on any atom is -0.490 e. The normalized spacial score (nSPS) is 11.4. The quantitative estimate of drug-likeness (QED) is 0.469. The van der Waals surface area contributed by atoms with Gasteiger partial charge in [0.05, 0.1) is 16.3 Å². The molecule has 0 fully saturated rings. The van der Waals surface area contributed by atoms with E-state index in [9.17, 15) is 0 Å². The molecule has 114 valence electrons. The fourth-order valence-corrected chi connectivity index (χ4v) is 3.81. The second-order valence-corrected chi connectivity index (χ2v) is 6.84. The van der Waals surface area contributed by atoms with E-state index in [0.29, 0.717) is 0 Å². The summed E-state index contributed by atoms with van der Waals surface area (Å²) in [5.41, 5.74) is 2.22. The molecule has 0 aliphatic carbocycles. The summed E-state index contributed by atoms with van der Waals surface area (Å²) in [6, 6.07) is 20.8. The van der Waals surface area contributed by atoms with Crippen LogP contribution in [-0.4, -0.2) is 11.1 Å². The smallest absolute Gasteiger partial charge is 0.127 e. The van der Waals surface area contributed by atoms with Crippen molar-refractivity contribution in [2.24, 2.45) is 0 Å². The highest BCUT2D eigenvalue weighted by Crippen LogP contribution is 2.38. The lowest BCUT2D eigenvalue weighted by molar-refractivity contribution is 0.245. The SMILES string of the molecule is CC(C)Oc1ccc(-c2nc3ccccc3s2)c2ccccc12. The van der Waals surface area contributed by atoms with Gasteiger partial charge in [-0.3, -0.25) is 0 Å². The molecule has 0 aliphatic heterocycles. The summed E-state index contributed by atoms with van der Waals surface area (Å²) in [5.74, 6) is 0.931. The molecular weight excluding hydrogens is 302 g/mol. The molecule has 1 aromatic heterocycles. The van der Waals surface area contributed by atoms with Crippen LogP contribution in [-0.2, 0) is 0 Å². The maximum absolute atomic E-state index is 5.96. The molecule has 0 N–H and O–H groups in total. The number of benzene rings is 3. The Kier molecular flexibility index (Phi) is 3.50. The summed E-state index contributed by atoms with van der Waals surface area (Å²) in [6.45, 7) is 4.10. The molecule has 2 nitrogen and oxygen atoms in total. The van der Waals surface area contributed by atoms with Crippen molar-refractivity contribution in [3.8, 4) is 16.3 Å². The minimum atomic E-state index is 0.159.